The van der Waals surface area contributed by atoms with Crippen molar-refractivity contribution in [2.24, 2.45) is 5.84 Å². The van der Waals surface area contributed by atoms with E-state index in [4.69, 9.17) is 5.84 Å². The molecule has 0 amide bonds. The second kappa shape index (κ2) is 9.92. The van der Waals surface area contributed by atoms with Crippen molar-refractivity contribution in [2.75, 3.05) is 0 Å². The largest absolute Gasteiger partial charge is 0.271 e. The molecule has 0 saturated heterocycles. The maximum Gasteiger partial charge on any atom is 0.0471 e. The normalized spacial score (nSPS) is 12.6. The van der Waals surface area contributed by atoms with Crippen LogP contribution in [-0.4, -0.2) is 0 Å². The molecule has 1 aromatic rings. The Hall–Kier alpha value is 0.1000. The second-order valence-electron chi connectivity index (χ2n) is 4.94. The molecule has 0 aromatic heterocycles. The zero-order valence-corrected chi connectivity index (χ0v) is 14.8. The van der Waals surface area contributed by atoms with Gasteiger partial charge in [-0.2, -0.15) is 0 Å². The Balaban J connectivity index is 2.42. The van der Waals surface area contributed by atoms with Crippen molar-refractivity contribution < 1.29 is 0 Å². The highest BCUT2D eigenvalue weighted by Crippen LogP contribution is 2.29. The minimum absolute atomic E-state index is 0.220. The minimum Gasteiger partial charge on any atom is -0.271 e. The highest BCUT2D eigenvalue weighted by molar-refractivity contribution is 9.11. The van der Waals surface area contributed by atoms with Crippen LogP contribution in [0.3, 0.4) is 0 Å². The monoisotopic (exact) mass is 390 g/mol. The molecule has 0 heterocycles. The molecule has 4 heteroatoms. The fourth-order valence-corrected chi connectivity index (χ4v) is 3.14. The fourth-order valence-electron chi connectivity index (χ4n) is 2.24. The molecule has 0 fully saturated rings. The van der Waals surface area contributed by atoms with E-state index < -0.39 is 0 Å². The van der Waals surface area contributed by atoms with Crippen molar-refractivity contribution >= 4 is 31.9 Å². The van der Waals surface area contributed by atoms with Gasteiger partial charge in [-0.3, -0.25) is 11.3 Å². The highest BCUT2D eigenvalue weighted by Gasteiger charge is 2.13. The molecular weight excluding hydrogens is 368 g/mol. The van der Waals surface area contributed by atoms with Crippen molar-refractivity contribution in [2.45, 2.75) is 57.9 Å². The lowest BCUT2D eigenvalue weighted by Crippen LogP contribution is -2.28. The van der Waals surface area contributed by atoms with Crippen LogP contribution >= 0.6 is 31.9 Å². The summed E-state index contributed by atoms with van der Waals surface area (Å²) in [6.07, 6.45) is 8.95. The van der Waals surface area contributed by atoms with Crippen molar-refractivity contribution in [3.8, 4) is 0 Å². The van der Waals surface area contributed by atoms with Crippen LogP contribution in [-0.2, 0) is 0 Å². The first kappa shape index (κ1) is 17.2. The summed E-state index contributed by atoms with van der Waals surface area (Å²) in [6.45, 7) is 2.25. The van der Waals surface area contributed by atoms with Gasteiger partial charge in [-0.1, -0.05) is 77.3 Å². The first-order valence-corrected chi connectivity index (χ1v) is 8.68. The molecule has 0 aliphatic rings. The van der Waals surface area contributed by atoms with Gasteiger partial charge in [-0.25, -0.2) is 0 Å². The number of rotatable bonds is 9. The lowest BCUT2D eigenvalue weighted by atomic mass is 10.00. The number of benzene rings is 1. The van der Waals surface area contributed by atoms with Gasteiger partial charge < -0.3 is 0 Å². The van der Waals surface area contributed by atoms with Gasteiger partial charge in [0.05, 0.1) is 0 Å². The van der Waals surface area contributed by atoms with Gasteiger partial charge in [0, 0.05) is 15.0 Å². The topological polar surface area (TPSA) is 38.0 Å². The van der Waals surface area contributed by atoms with Gasteiger partial charge in [0.25, 0.3) is 0 Å². The molecule has 3 N–H and O–H groups in total. The van der Waals surface area contributed by atoms with Crippen LogP contribution in [0.4, 0.5) is 0 Å². The van der Waals surface area contributed by atoms with E-state index in [1.165, 1.54) is 44.1 Å². The first-order chi connectivity index (χ1) is 9.19. The van der Waals surface area contributed by atoms with E-state index in [0.29, 0.717) is 0 Å². The van der Waals surface area contributed by atoms with E-state index in [1.807, 2.05) is 6.07 Å². The van der Waals surface area contributed by atoms with Crippen LogP contribution in [0.5, 0.6) is 0 Å². The van der Waals surface area contributed by atoms with Crippen LogP contribution in [0.1, 0.15) is 63.5 Å². The third-order valence-corrected chi connectivity index (χ3v) is 4.60. The lowest BCUT2D eigenvalue weighted by Gasteiger charge is -2.18. The van der Waals surface area contributed by atoms with E-state index >= 15 is 0 Å². The number of unbranched alkanes of at least 4 members (excludes halogenated alkanes) is 5. The summed E-state index contributed by atoms with van der Waals surface area (Å²) >= 11 is 7.11. The number of hydrogen-bond donors (Lipinski definition) is 2. The summed E-state index contributed by atoms with van der Waals surface area (Å²) in [6, 6.07) is 6.45. The molecule has 0 spiro atoms. The summed E-state index contributed by atoms with van der Waals surface area (Å²) in [5, 5.41) is 0. The molecule has 0 bridgehead atoms. The van der Waals surface area contributed by atoms with Crippen LogP contribution in [0, 0.1) is 0 Å². The Morgan fingerprint density at radius 2 is 1.79 bits per heavy atom. The summed E-state index contributed by atoms with van der Waals surface area (Å²) in [7, 11) is 0. The minimum atomic E-state index is 0.220. The van der Waals surface area contributed by atoms with Crippen molar-refractivity contribution in [3.05, 3.63) is 32.7 Å². The van der Waals surface area contributed by atoms with Crippen LogP contribution in [0.2, 0.25) is 0 Å². The van der Waals surface area contributed by atoms with Gasteiger partial charge in [0.2, 0.25) is 0 Å². The smallest absolute Gasteiger partial charge is 0.0471 e. The Kier molecular flexibility index (Phi) is 8.95. The van der Waals surface area contributed by atoms with Crippen LogP contribution in [0.15, 0.2) is 27.1 Å². The van der Waals surface area contributed by atoms with Crippen molar-refractivity contribution in [3.63, 3.8) is 0 Å². The Labute approximate surface area is 133 Å². The SMILES string of the molecule is CCCCCCCCC(NN)c1cc(Br)ccc1Br. The number of hydrazine groups is 1. The summed E-state index contributed by atoms with van der Waals surface area (Å²) in [4.78, 5) is 0. The number of nitrogens with one attached hydrogen (secondary N) is 1. The zero-order chi connectivity index (χ0) is 14.1. The van der Waals surface area contributed by atoms with Gasteiger partial charge in [-0.15, -0.1) is 0 Å². The second-order valence-corrected chi connectivity index (χ2v) is 6.71. The number of nitrogens with two attached hydrogens (primary N) is 1. The summed E-state index contributed by atoms with van der Waals surface area (Å²) in [5.74, 6) is 5.70. The fraction of sp³-hybridized carbons (Fsp3) is 0.600. The maximum atomic E-state index is 5.70. The van der Waals surface area contributed by atoms with E-state index in [2.05, 4.69) is 56.3 Å². The quantitative estimate of drug-likeness (QED) is 0.333. The molecule has 0 aliphatic carbocycles. The first-order valence-electron chi connectivity index (χ1n) is 7.10. The number of halogens is 2. The molecule has 1 atom stereocenters. The van der Waals surface area contributed by atoms with E-state index in [1.54, 1.807) is 0 Å². The predicted molar refractivity (Wildman–Crippen MR) is 89.9 cm³/mol. The molecule has 1 rings (SSSR count). The Morgan fingerprint density at radius 3 is 2.47 bits per heavy atom. The maximum absolute atomic E-state index is 5.70. The van der Waals surface area contributed by atoms with Crippen LogP contribution < -0.4 is 11.3 Å². The van der Waals surface area contributed by atoms with Crippen LogP contribution in [0.25, 0.3) is 0 Å². The van der Waals surface area contributed by atoms with Gasteiger partial charge in [0.1, 0.15) is 0 Å². The summed E-state index contributed by atoms with van der Waals surface area (Å²) in [5.41, 5.74) is 4.16. The van der Waals surface area contributed by atoms with E-state index in [-0.39, 0.29) is 6.04 Å². The zero-order valence-electron chi connectivity index (χ0n) is 11.6. The number of hydrogen-bond acceptors (Lipinski definition) is 2. The molecule has 1 aromatic carbocycles. The third-order valence-electron chi connectivity index (χ3n) is 3.38. The Bertz CT molecular complexity index is 369. The molecule has 0 aliphatic heterocycles. The predicted octanol–water partition coefficient (Wildman–Crippen LogP) is 5.47. The van der Waals surface area contributed by atoms with Gasteiger partial charge in [-0.05, 0) is 30.2 Å². The molecular formula is C15H24Br2N2. The molecule has 0 radical (unpaired) electrons. The highest BCUT2D eigenvalue weighted by atomic mass is 79.9. The average Bonchev–Trinajstić information content (AvgIpc) is 2.41. The van der Waals surface area contributed by atoms with Gasteiger partial charge in [0.15, 0.2) is 0 Å². The third kappa shape index (κ3) is 6.39. The average molecular weight is 392 g/mol. The standard InChI is InChI=1S/C15H24Br2N2/c1-2-3-4-5-6-7-8-15(19-18)13-11-12(16)9-10-14(13)17/h9-11,15,19H,2-8,18H2,1H3. The molecule has 0 saturated carbocycles. The summed E-state index contributed by atoms with van der Waals surface area (Å²) < 4.78 is 2.21. The van der Waals surface area contributed by atoms with Crippen molar-refractivity contribution in [1.82, 2.24) is 5.43 Å². The molecule has 19 heavy (non-hydrogen) atoms. The Morgan fingerprint density at radius 1 is 1.11 bits per heavy atom. The molecule has 1 unspecified atom stereocenters. The van der Waals surface area contributed by atoms with Gasteiger partial charge >= 0.3 is 0 Å². The van der Waals surface area contributed by atoms with E-state index in [0.717, 1.165) is 15.4 Å². The molecule has 108 valence electrons. The van der Waals surface area contributed by atoms with E-state index in [9.17, 15) is 0 Å². The lowest BCUT2D eigenvalue weighted by molar-refractivity contribution is 0.475. The molecule has 2 nitrogen and oxygen atoms in total. The van der Waals surface area contributed by atoms with Crippen molar-refractivity contribution in [1.29, 1.82) is 0 Å².